The summed E-state index contributed by atoms with van der Waals surface area (Å²) in [7, 11) is 0. The highest BCUT2D eigenvalue weighted by atomic mass is 32.2. The van der Waals surface area contributed by atoms with Crippen molar-refractivity contribution in [2.45, 2.75) is 31.7 Å². The third-order valence-electron chi connectivity index (χ3n) is 2.60. The molecule has 0 aromatic carbocycles. The minimum atomic E-state index is -0.570. The van der Waals surface area contributed by atoms with Gasteiger partial charge in [0, 0.05) is 6.61 Å². The lowest BCUT2D eigenvalue weighted by atomic mass is 10.1. The van der Waals surface area contributed by atoms with Crippen LogP contribution in [0.15, 0.2) is 5.16 Å². The van der Waals surface area contributed by atoms with Crippen LogP contribution < -0.4 is 0 Å². The maximum Gasteiger partial charge on any atom is 0.223 e. The van der Waals surface area contributed by atoms with Crippen LogP contribution in [0.3, 0.4) is 0 Å². The van der Waals surface area contributed by atoms with Crippen LogP contribution >= 0.6 is 11.8 Å². The van der Waals surface area contributed by atoms with E-state index >= 15 is 0 Å². The zero-order valence-corrected chi connectivity index (χ0v) is 10.8. The Labute approximate surface area is 99.8 Å². The minimum absolute atomic E-state index is 0.570. The second-order valence-electron chi connectivity index (χ2n) is 3.73. The van der Waals surface area contributed by atoms with E-state index in [4.69, 9.17) is 9.47 Å². The Morgan fingerprint density at radius 3 is 2.31 bits per heavy atom. The number of rotatable bonds is 4. The first-order valence-electron chi connectivity index (χ1n) is 5.30. The highest BCUT2D eigenvalue weighted by Crippen LogP contribution is 2.42. The zero-order valence-electron chi connectivity index (χ0n) is 10.0. The Hall–Kier alpha value is -0.650. The molecule has 1 fully saturated rings. The lowest BCUT2D eigenvalue weighted by molar-refractivity contribution is -0.0430. The van der Waals surface area contributed by atoms with Crippen molar-refractivity contribution >= 4 is 11.8 Å². The minimum Gasteiger partial charge on any atom is -0.344 e. The van der Waals surface area contributed by atoms with Gasteiger partial charge in [-0.2, -0.15) is 0 Å². The molecular weight excluding hydrogens is 224 g/mol. The lowest BCUT2D eigenvalue weighted by Gasteiger charge is -2.16. The second kappa shape index (κ2) is 4.31. The second-order valence-corrected chi connectivity index (χ2v) is 4.50. The van der Waals surface area contributed by atoms with Crippen LogP contribution in [-0.2, 0) is 15.3 Å². The maximum absolute atomic E-state index is 5.65. The first-order valence-corrected chi connectivity index (χ1v) is 6.53. The predicted octanol–water partition coefficient (Wildman–Crippen LogP) is 2.03. The van der Waals surface area contributed by atoms with E-state index in [1.54, 1.807) is 11.8 Å². The predicted molar refractivity (Wildman–Crippen MR) is 62.5 cm³/mol. The van der Waals surface area contributed by atoms with Crippen LogP contribution in [0, 0.1) is 13.8 Å². The van der Waals surface area contributed by atoms with Gasteiger partial charge in [0.25, 0.3) is 0 Å². The van der Waals surface area contributed by atoms with E-state index < -0.39 is 5.79 Å². The maximum atomic E-state index is 5.65. The molecule has 1 atom stereocenters. The highest BCUT2D eigenvalue weighted by Gasteiger charge is 2.50. The molecule has 1 aromatic rings. The van der Waals surface area contributed by atoms with Gasteiger partial charge in [-0.05, 0) is 27.0 Å². The zero-order chi connectivity index (χ0) is 11.8. The first-order chi connectivity index (χ1) is 7.63. The number of hydrogen-bond acceptors (Lipinski definition) is 5. The number of aryl methyl sites for hydroxylation is 2. The van der Waals surface area contributed by atoms with Crippen LogP contribution in [0.1, 0.15) is 23.9 Å². The van der Waals surface area contributed by atoms with Gasteiger partial charge in [0.1, 0.15) is 6.61 Å². The summed E-state index contributed by atoms with van der Waals surface area (Å²) in [6.07, 6.45) is 1.97. The molecule has 16 heavy (non-hydrogen) atoms. The van der Waals surface area contributed by atoms with Crippen LogP contribution in [0.25, 0.3) is 0 Å². The van der Waals surface area contributed by atoms with E-state index in [1.807, 2.05) is 27.0 Å². The van der Waals surface area contributed by atoms with Gasteiger partial charge in [0.2, 0.25) is 5.79 Å². The summed E-state index contributed by atoms with van der Waals surface area (Å²) < 4.78 is 11.1. The Kier molecular flexibility index (Phi) is 3.19. The van der Waals surface area contributed by atoms with Gasteiger partial charge in [-0.3, -0.25) is 0 Å². The van der Waals surface area contributed by atoms with Crippen molar-refractivity contribution in [3.05, 3.63) is 17.0 Å². The fourth-order valence-electron chi connectivity index (χ4n) is 1.93. The van der Waals surface area contributed by atoms with Gasteiger partial charge in [-0.15, -0.1) is 0 Å². The van der Waals surface area contributed by atoms with Crippen molar-refractivity contribution in [3.63, 3.8) is 0 Å². The third kappa shape index (κ3) is 1.95. The van der Waals surface area contributed by atoms with Crippen molar-refractivity contribution in [1.82, 2.24) is 9.97 Å². The molecule has 88 valence electrons. The van der Waals surface area contributed by atoms with E-state index in [-0.39, 0.29) is 0 Å². The molecule has 0 saturated carbocycles. The van der Waals surface area contributed by atoms with E-state index in [9.17, 15) is 0 Å². The van der Waals surface area contributed by atoms with Crippen LogP contribution in [0.2, 0.25) is 0 Å². The molecule has 0 spiro atoms. The molecule has 2 rings (SSSR count). The first kappa shape index (κ1) is 11.8. The summed E-state index contributed by atoms with van der Waals surface area (Å²) >= 11 is 1.55. The summed E-state index contributed by atoms with van der Waals surface area (Å²) in [5.41, 5.74) is 2.89. The molecular formula is C11H16N2O2S. The molecule has 0 N–H and O–H groups in total. The topological polar surface area (TPSA) is 47.5 Å². The van der Waals surface area contributed by atoms with Gasteiger partial charge in [-0.1, -0.05) is 11.8 Å². The average molecular weight is 240 g/mol. The van der Waals surface area contributed by atoms with Gasteiger partial charge in [0.15, 0.2) is 5.16 Å². The van der Waals surface area contributed by atoms with Gasteiger partial charge >= 0.3 is 0 Å². The third-order valence-corrected chi connectivity index (χ3v) is 3.15. The standard InChI is InChI=1S/C11H16N2O2S/c1-5-14-11(6-15-11)9-7(2)12-10(16-4)13-8(9)3/h5-6H2,1-4H3. The summed E-state index contributed by atoms with van der Waals surface area (Å²) in [6.45, 7) is 7.15. The number of aromatic nitrogens is 2. The molecule has 1 aliphatic rings. The van der Waals surface area contributed by atoms with Crippen LogP contribution in [0.4, 0.5) is 0 Å². The monoisotopic (exact) mass is 240 g/mol. The van der Waals surface area contributed by atoms with E-state index in [0.717, 1.165) is 22.1 Å². The van der Waals surface area contributed by atoms with Crippen LogP contribution in [-0.4, -0.2) is 29.4 Å². The molecule has 1 aromatic heterocycles. The fraction of sp³-hybridized carbons (Fsp3) is 0.636. The van der Waals surface area contributed by atoms with Crippen molar-refractivity contribution < 1.29 is 9.47 Å². The number of hydrogen-bond donors (Lipinski definition) is 0. The number of ether oxygens (including phenoxy) is 2. The summed E-state index contributed by atoms with van der Waals surface area (Å²) in [5.74, 6) is -0.570. The summed E-state index contributed by atoms with van der Waals surface area (Å²) in [4.78, 5) is 8.87. The molecule has 0 amide bonds. The molecule has 1 aliphatic heterocycles. The molecule has 2 heterocycles. The van der Waals surface area contributed by atoms with E-state index in [0.29, 0.717) is 13.2 Å². The van der Waals surface area contributed by atoms with Gasteiger partial charge in [0.05, 0.1) is 17.0 Å². The Morgan fingerprint density at radius 1 is 1.38 bits per heavy atom. The highest BCUT2D eigenvalue weighted by molar-refractivity contribution is 7.98. The molecule has 0 radical (unpaired) electrons. The van der Waals surface area contributed by atoms with Crippen molar-refractivity contribution in [1.29, 1.82) is 0 Å². The fourth-order valence-corrected chi connectivity index (χ4v) is 2.38. The molecule has 5 heteroatoms. The lowest BCUT2D eigenvalue weighted by Crippen LogP contribution is -2.19. The van der Waals surface area contributed by atoms with Crippen molar-refractivity contribution in [3.8, 4) is 0 Å². The molecule has 1 saturated heterocycles. The summed E-state index contributed by atoms with van der Waals surface area (Å²) in [5, 5.41) is 0.797. The molecule has 0 bridgehead atoms. The summed E-state index contributed by atoms with van der Waals surface area (Å²) in [6, 6.07) is 0. The van der Waals surface area contributed by atoms with Gasteiger partial charge < -0.3 is 9.47 Å². The smallest absolute Gasteiger partial charge is 0.223 e. The Balaban J connectivity index is 2.41. The Bertz CT molecular complexity index is 382. The van der Waals surface area contributed by atoms with Crippen molar-refractivity contribution in [2.75, 3.05) is 19.5 Å². The quantitative estimate of drug-likeness (QED) is 0.458. The van der Waals surface area contributed by atoms with Gasteiger partial charge in [-0.25, -0.2) is 9.97 Å². The average Bonchev–Trinajstić information content (AvgIpc) is 2.98. The molecule has 4 nitrogen and oxygen atoms in total. The van der Waals surface area contributed by atoms with Crippen LogP contribution in [0.5, 0.6) is 0 Å². The Morgan fingerprint density at radius 2 is 1.94 bits per heavy atom. The SMILES string of the molecule is CCOC1(c2c(C)nc(SC)nc2C)CO1. The number of thioether (sulfide) groups is 1. The molecule has 0 aliphatic carbocycles. The van der Waals surface area contributed by atoms with E-state index in [2.05, 4.69) is 9.97 Å². The number of epoxide rings is 1. The molecule has 1 unspecified atom stereocenters. The van der Waals surface area contributed by atoms with Crippen molar-refractivity contribution in [2.24, 2.45) is 0 Å². The number of nitrogens with zero attached hydrogens (tertiary/aromatic N) is 2. The normalized spacial score (nSPS) is 23.5. The largest absolute Gasteiger partial charge is 0.344 e. The van der Waals surface area contributed by atoms with E-state index in [1.165, 1.54) is 0 Å².